The van der Waals surface area contributed by atoms with E-state index in [1.165, 1.54) is 11.4 Å². The molecule has 0 saturated carbocycles. The van der Waals surface area contributed by atoms with Gasteiger partial charge < -0.3 is 5.32 Å². The molecule has 1 aliphatic heterocycles. The van der Waals surface area contributed by atoms with Crippen molar-refractivity contribution >= 4 is 10.0 Å². The van der Waals surface area contributed by atoms with Crippen molar-refractivity contribution < 1.29 is 12.8 Å². The average molecular weight is 259 g/mol. The Kier molecular flexibility index (Phi) is 3.41. The lowest BCUT2D eigenvalue weighted by atomic mass is 10.3. The van der Waals surface area contributed by atoms with Gasteiger partial charge in [0.15, 0.2) is 0 Å². The van der Waals surface area contributed by atoms with Gasteiger partial charge in [-0.15, -0.1) is 0 Å². The van der Waals surface area contributed by atoms with Crippen molar-refractivity contribution in [3.05, 3.63) is 24.3 Å². The summed E-state index contributed by atoms with van der Waals surface area (Å²) in [5, 5.41) is 3.09. The Balaban J connectivity index is 2.29. The zero-order chi connectivity index (χ0) is 12.5. The van der Waals surface area contributed by atoms with E-state index < -0.39 is 15.8 Å². The summed E-state index contributed by atoms with van der Waals surface area (Å²) < 4.78 is 38.6. The second-order valence-electron chi connectivity index (χ2n) is 4.01. The number of hydrogen-bond acceptors (Lipinski definition) is 4. The molecule has 7 heteroatoms. The first-order valence-electron chi connectivity index (χ1n) is 5.31. The van der Waals surface area contributed by atoms with Gasteiger partial charge in [-0.25, -0.2) is 12.8 Å². The lowest BCUT2D eigenvalue weighted by molar-refractivity contribution is 0.387. The Morgan fingerprint density at radius 2 is 2.29 bits per heavy atom. The molecule has 2 rings (SSSR count). The molecule has 0 bridgehead atoms. The van der Waals surface area contributed by atoms with Crippen LogP contribution in [0.4, 0.5) is 4.39 Å². The summed E-state index contributed by atoms with van der Waals surface area (Å²) in [4.78, 5) is 3.46. The van der Waals surface area contributed by atoms with E-state index in [-0.39, 0.29) is 10.9 Å². The third-order valence-electron chi connectivity index (χ3n) is 2.91. The number of likely N-dealkylation sites (N-methyl/N-ethyl adjacent to an activating group) is 1. The van der Waals surface area contributed by atoms with Crippen molar-refractivity contribution in [2.75, 3.05) is 20.1 Å². The van der Waals surface area contributed by atoms with E-state index in [1.54, 1.807) is 0 Å². The third kappa shape index (κ3) is 2.46. The topological polar surface area (TPSA) is 62.3 Å². The van der Waals surface area contributed by atoms with Crippen LogP contribution in [0.15, 0.2) is 23.4 Å². The van der Waals surface area contributed by atoms with Crippen LogP contribution in [0, 0.1) is 5.82 Å². The number of aromatic nitrogens is 1. The predicted octanol–water partition coefficient (Wildman–Crippen LogP) is 0.203. The fraction of sp³-hybridized carbons (Fsp3) is 0.500. The molecule has 2 heterocycles. The number of hydrogen-bond donors (Lipinski definition) is 1. The Morgan fingerprint density at radius 1 is 1.53 bits per heavy atom. The molecule has 0 aromatic carbocycles. The van der Waals surface area contributed by atoms with Crippen molar-refractivity contribution in [1.82, 2.24) is 14.6 Å². The van der Waals surface area contributed by atoms with Crippen molar-refractivity contribution in [1.29, 1.82) is 0 Å². The van der Waals surface area contributed by atoms with Gasteiger partial charge in [-0.1, -0.05) is 0 Å². The summed E-state index contributed by atoms with van der Waals surface area (Å²) in [5.74, 6) is -0.649. The van der Waals surface area contributed by atoms with Gasteiger partial charge in [-0.2, -0.15) is 4.31 Å². The first kappa shape index (κ1) is 12.4. The molecule has 0 amide bonds. The molecule has 1 unspecified atom stereocenters. The molecule has 17 heavy (non-hydrogen) atoms. The first-order chi connectivity index (χ1) is 8.01. The van der Waals surface area contributed by atoms with Crippen LogP contribution in [-0.2, 0) is 10.0 Å². The number of pyridine rings is 1. The molecule has 1 saturated heterocycles. The zero-order valence-electron chi connectivity index (χ0n) is 9.43. The van der Waals surface area contributed by atoms with Crippen molar-refractivity contribution in [2.45, 2.75) is 17.4 Å². The highest BCUT2D eigenvalue weighted by Gasteiger charge is 2.30. The molecule has 0 spiro atoms. The lowest BCUT2D eigenvalue weighted by Crippen LogP contribution is -2.38. The van der Waals surface area contributed by atoms with Crippen LogP contribution in [0.1, 0.15) is 6.42 Å². The van der Waals surface area contributed by atoms with E-state index in [9.17, 15) is 12.8 Å². The maximum atomic E-state index is 13.0. The van der Waals surface area contributed by atoms with E-state index in [2.05, 4.69) is 10.3 Å². The van der Waals surface area contributed by atoms with Crippen LogP contribution in [0.3, 0.4) is 0 Å². The number of halogens is 1. The Bertz CT molecular complexity index is 500. The molecule has 1 aliphatic rings. The second kappa shape index (κ2) is 4.67. The van der Waals surface area contributed by atoms with Crippen LogP contribution in [0.5, 0.6) is 0 Å². The van der Waals surface area contributed by atoms with Gasteiger partial charge in [0.05, 0.1) is 6.20 Å². The summed E-state index contributed by atoms with van der Waals surface area (Å²) in [7, 11) is -2.14. The smallest absolute Gasteiger partial charge is 0.244 e. The number of sulfonamides is 1. The number of nitrogens with one attached hydrogen (secondary N) is 1. The van der Waals surface area contributed by atoms with E-state index in [4.69, 9.17) is 0 Å². The number of nitrogens with zero attached hydrogens (tertiary/aromatic N) is 2. The van der Waals surface area contributed by atoms with Crippen LogP contribution < -0.4 is 5.32 Å². The van der Waals surface area contributed by atoms with Crippen LogP contribution in [0.2, 0.25) is 0 Å². The largest absolute Gasteiger partial charge is 0.315 e. The highest BCUT2D eigenvalue weighted by molar-refractivity contribution is 7.89. The van der Waals surface area contributed by atoms with Gasteiger partial charge >= 0.3 is 0 Å². The van der Waals surface area contributed by atoms with Crippen LogP contribution in [0.25, 0.3) is 0 Å². The second-order valence-corrected chi connectivity index (χ2v) is 6.00. The van der Waals surface area contributed by atoms with Crippen molar-refractivity contribution in [3.8, 4) is 0 Å². The van der Waals surface area contributed by atoms with Crippen LogP contribution >= 0.6 is 0 Å². The Labute approximate surface area is 99.7 Å². The van der Waals surface area contributed by atoms with Crippen molar-refractivity contribution in [2.24, 2.45) is 0 Å². The maximum absolute atomic E-state index is 13.0. The summed E-state index contributed by atoms with van der Waals surface area (Å²) in [6, 6.07) is 0.907. The summed E-state index contributed by atoms with van der Waals surface area (Å²) in [6.07, 6.45) is 2.91. The number of rotatable bonds is 3. The minimum absolute atomic E-state index is 0.0803. The Hall–Kier alpha value is -1.05. The van der Waals surface area contributed by atoms with E-state index in [0.29, 0.717) is 6.54 Å². The fourth-order valence-corrected chi connectivity index (χ4v) is 3.21. The average Bonchev–Trinajstić information content (AvgIpc) is 2.81. The summed E-state index contributed by atoms with van der Waals surface area (Å²) in [5.41, 5.74) is 0. The van der Waals surface area contributed by atoms with Gasteiger partial charge in [-0.05, 0) is 19.0 Å². The van der Waals surface area contributed by atoms with E-state index in [0.717, 1.165) is 31.4 Å². The first-order valence-corrected chi connectivity index (χ1v) is 6.75. The molecule has 1 N–H and O–H groups in total. The molecule has 1 aromatic rings. The predicted molar refractivity (Wildman–Crippen MR) is 60.4 cm³/mol. The van der Waals surface area contributed by atoms with Crippen LogP contribution in [-0.4, -0.2) is 43.9 Å². The minimum atomic E-state index is -3.65. The molecule has 1 atom stereocenters. The highest BCUT2D eigenvalue weighted by atomic mass is 32.2. The van der Waals surface area contributed by atoms with Gasteiger partial charge in [0, 0.05) is 25.8 Å². The highest BCUT2D eigenvalue weighted by Crippen LogP contribution is 2.18. The standard InChI is InChI=1S/C10H14FN3O2S/c1-14(9-2-3-12-6-9)17(15,16)10-4-8(11)5-13-7-10/h4-5,7,9,12H,2-3,6H2,1H3. The Morgan fingerprint density at radius 3 is 2.88 bits per heavy atom. The van der Waals surface area contributed by atoms with Gasteiger partial charge in [0.25, 0.3) is 0 Å². The minimum Gasteiger partial charge on any atom is -0.315 e. The summed E-state index contributed by atoms with van der Waals surface area (Å²) in [6.45, 7) is 1.42. The normalized spacial score (nSPS) is 21.0. The molecule has 0 radical (unpaired) electrons. The molecule has 94 valence electrons. The van der Waals surface area contributed by atoms with Gasteiger partial charge in [0.1, 0.15) is 10.7 Å². The monoisotopic (exact) mass is 259 g/mol. The zero-order valence-corrected chi connectivity index (χ0v) is 10.2. The molecular weight excluding hydrogens is 245 g/mol. The molecular formula is C10H14FN3O2S. The van der Waals surface area contributed by atoms with E-state index >= 15 is 0 Å². The summed E-state index contributed by atoms with van der Waals surface area (Å²) >= 11 is 0. The fourth-order valence-electron chi connectivity index (χ4n) is 1.85. The lowest BCUT2D eigenvalue weighted by Gasteiger charge is -2.22. The molecule has 0 aliphatic carbocycles. The molecule has 1 aromatic heterocycles. The van der Waals surface area contributed by atoms with Crippen molar-refractivity contribution in [3.63, 3.8) is 0 Å². The quantitative estimate of drug-likeness (QED) is 0.842. The molecule has 1 fully saturated rings. The van der Waals surface area contributed by atoms with Gasteiger partial charge in [0.2, 0.25) is 10.0 Å². The van der Waals surface area contributed by atoms with E-state index in [1.807, 2.05) is 0 Å². The SMILES string of the molecule is CN(C1CCNC1)S(=O)(=O)c1cncc(F)c1. The molecule has 5 nitrogen and oxygen atoms in total. The maximum Gasteiger partial charge on any atom is 0.244 e. The van der Waals surface area contributed by atoms with Gasteiger partial charge in [-0.3, -0.25) is 4.98 Å². The third-order valence-corrected chi connectivity index (χ3v) is 4.78.